The molecular weight excluding hydrogens is 361 g/mol. The minimum absolute atomic E-state index is 0.123. The molecule has 0 aliphatic rings. The van der Waals surface area contributed by atoms with Crippen LogP contribution in [-0.2, 0) is 11.3 Å². The molecule has 0 aliphatic carbocycles. The van der Waals surface area contributed by atoms with Crippen LogP contribution < -0.4 is 0 Å². The van der Waals surface area contributed by atoms with Crippen LogP contribution in [0.1, 0.15) is 11.5 Å². The Bertz CT molecular complexity index is 570. The Balaban J connectivity index is 0.000000593. The van der Waals surface area contributed by atoms with E-state index in [0.717, 1.165) is 5.56 Å². The van der Waals surface area contributed by atoms with Crippen molar-refractivity contribution in [1.29, 1.82) is 0 Å². The van der Waals surface area contributed by atoms with Crippen molar-refractivity contribution in [3.05, 3.63) is 46.5 Å². The molecule has 1 atom stereocenters. The minimum Gasteiger partial charge on any atom is -0.350 e. The van der Waals surface area contributed by atoms with Gasteiger partial charge in [-0.15, -0.1) is 0 Å². The van der Waals surface area contributed by atoms with Crippen molar-refractivity contribution in [3.63, 3.8) is 0 Å². The first-order chi connectivity index (χ1) is 10.9. The predicted octanol–water partition coefficient (Wildman–Crippen LogP) is 4.49. The highest BCUT2D eigenvalue weighted by Crippen LogP contribution is 2.29. The van der Waals surface area contributed by atoms with Gasteiger partial charge in [0.15, 0.2) is 6.86 Å². The summed E-state index contributed by atoms with van der Waals surface area (Å²) in [5, 5.41) is 5.11. The fourth-order valence-electron chi connectivity index (χ4n) is 1.81. The Hall–Kier alpha value is -1.38. The Morgan fingerprint density at radius 3 is 2.43 bits per heavy atom. The first-order valence-electron chi connectivity index (χ1n) is 6.27. The zero-order valence-corrected chi connectivity index (χ0v) is 13.2. The van der Waals surface area contributed by atoms with Crippen molar-refractivity contribution in [3.8, 4) is 0 Å². The predicted molar refractivity (Wildman–Crippen MR) is 78.3 cm³/mol. The highest BCUT2D eigenvalue weighted by Gasteiger charge is 2.17. The fraction of sp³-hybridized carbons (Fsp3) is 0.385. The van der Waals surface area contributed by atoms with E-state index in [4.69, 9.17) is 27.9 Å². The normalized spacial score (nSPS) is 12.0. The van der Waals surface area contributed by atoms with Crippen LogP contribution in [0.3, 0.4) is 0 Å². The molecule has 0 fully saturated rings. The van der Waals surface area contributed by atoms with E-state index >= 15 is 0 Å². The van der Waals surface area contributed by atoms with Gasteiger partial charge < -0.3 is 4.74 Å². The second-order valence-electron chi connectivity index (χ2n) is 4.21. The second kappa shape index (κ2) is 10.4. The number of halogens is 6. The van der Waals surface area contributed by atoms with Crippen molar-refractivity contribution >= 4 is 23.2 Å². The summed E-state index contributed by atoms with van der Waals surface area (Å²) >= 11 is 12.0. The van der Waals surface area contributed by atoms with Gasteiger partial charge in [0, 0.05) is 16.0 Å². The first-order valence-corrected chi connectivity index (χ1v) is 7.03. The third-order valence-electron chi connectivity index (χ3n) is 2.67. The molecule has 0 N–H and O–H groups in total. The van der Waals surface area contributed by atoms with Crippen molar-refractivity contribution in [2.75, 3.05) is 13.5 Å². The molecule has 4 nitrogen and oxygen atoms in total. The molecule has 0 saturated carbocycles. The molecular formula is C13H13Cl2F4N3O. The van der Waals surface area contributed by atoms with E-state index in [1.807, 2.05) is 6.07 Å². The molecule has 0 saturated heterocycles. The van der Waals surface area contributed by atoms with E-state index in [0.29, 0.717) is 16.6 Å². The Morgan fingerprint density at radius 2 is 1.91 bits per heavy atom. The van der Waals surface area contributed by atoms with E-state index in [1.165, 1.54) is 6.33 Å². The summed E-state index contributed by atoms with van der Waals surface area (Å²) in [5.41, 5.74) is 0.843. The molecule has 0 bridgehead atoms. The zero-order chi connectivity index (χ0) is 17.2. The Kier molecular flexibility index (Phi) is 8.90. The van der Waals surface area contributed by atoms with Gasteiger partial charge in [-0.1, -0.05) is 29.3 Å². The fourth-order valence-corrected chi connectivity index (χ4v) is 2.38. The van der Waals surface area contributed by atoms with Gasteiger partial charge in [-0.25, -0.2) is 9.37 Å². The number of ether oxygens (including phenoxy) is 1. The SMILES string of the molecule is FC(F)F.FCOCC(Cn1cncn1)c1ccc(Cl)cc1Cl. The van der Waals surface area contributed by atoms with Gasteiger partial charge >= 0.3 is 6.68 Å². The topological polar surface area (TPSA) is 39.9 Å². The van der Waals surface area contributed by atoms with Crippen LogP contribution in [0.5, 0.6) is 0 Å². The molecule has 2 rings (SSSR count). The monoisotopic (exact) mass is 373 g/mol. The smallest absolute Gasteiger partial charge is 0.350 e. The number of hydrogen-bond acceptors (Lipinski definition) is 3. The highest BCUT2D eigenvalue weighted by atomic mass is 35.5. The lowest BCUT2D eigenvalue weighted by molar-refractivity contribution is 0.00819. The number of benzene rings is 1. The van der Waals surface area contributed by atoms with Gasteiger partial charge in [-0.3, -0.25) is 4.68 Å². The number of hydrogen-bond donors (Lipinski definition) is 0. The van der Waals surface area contributed by atoms with Crippen LogP contribution in [0.4, 0.5) is 17.6 Å². The summed E-state index contributed by atoms with van der Waals surface area (Å²) in [4.78, 5) is 3.87. The zero-order valence-electron chi connectivity index (χ0n) is 11.7. The lowest BCUT2D eigenvalue weighted by Gasteiger charge is -2.18. The van der Waals surface area contributed by atoms with E-state index in [-0.39, 0.29) is 12.5 Å². The van der Waals surface area contributed by atoms with Crippen LogP contribution in [0, 0.1) is 0 Å². The van der Waals surface area contributed by atoms with Gasteiger partial charge in [0.25, 0.3) is 0 Å². The van der Waals surface area contributed by atoms with Crippen LogP contribution in [0.15, 0.2) is 30.9 Å². The molecule has 128 valence electrons. The summed E-state index contributed by atoms with van der Waals surface area (Å²) < 4.78 is 47.7. The average molecular weight is 374 g/mol. The van der Waals surface area contributed by atoms with E-state index in [9.17, 15) is 17.6 Å². The lowest BCUT2D eigenvalue weighted by atomic mass is 10.00. The number of rotatable bonds is 6. The molecule has 23 heavy (non-hydrogen) atoms. The van der Waals surface area contributed by atoms with Gasteiger partial charge in [0.1, 0.15) is 12.7 Å². The Morgan fingerprint density at radius 1 is 1.22 bits per heavy atom. The third kappa shape index (κ3) is 7.62. The average Bonchev–Trinajstić information content (AvgIpc) is 2.96. The maximum Gasteiger partial charge on any atom is 0.379 e. The standard InChI is InChI=1S/C12H12Cl2FN3O.CHF3/c13-10-1-2-11(12(14)3-10)9(5-19-6-15)4-18-8-16-7-17-18;2-1(3)4/h1-3,7-9H,4-6H2;1H. The summed E-state index contributed by atoms with van der Waals surface area (Å²) in [6.45, 7) is -3.79. The minimum atomic E-state index is -3.67. The van der Waals surface area contributed by atoms with Crippen molar-refractivity contribution in [2.45, 2.75) is 19.1 Å². The number of nitrogens with zero attached hydrogens (tertiary/aromatic N) is 3. The maximum absolute atomic E-state index is 12.2. The van der Waals surface area contributed by atoms with E-state index in [2.05, 4.69) is 10.1 Å². The van der Waals surface area contributed by atoms with Gasteiger partial charge in [-0.2, -0.15) is 18.3 Å². The summed E-state index contributed by atoms with van der Waals surface area (Å²) in [6, 6.07) is 5.21. The second-order valence-corrected chi connectivity index (χ2v) is 5.05. The molecule has 2 aromatic rings. The number of aromatic nitrogens is 3. The van der Waals surface area contributed by atoms with Crippen LogP contribution >= 0.6 is 23.2 Å². The summed E-state index contributed by atoms with van der Waals surface area (Å²) in [5.74, 6) is -0.123. The van der Waals surface area contributed by atoms with Crippen LogP contribution in [0.25, 0.3) is 0 Å². The van der Waals surface area contributed by atoms with Gasteiger partial charge in [-0.05, 0) is 17.7 Å². The van der Waals surface area contributed by atoms with Crippen molar-refractivity contribution in [2.24, 2.45) is 0 Å². The quantitative estimate of drug-likeness (QED) is 0.700. The van der Waals surface area contributed by atoms with Crippen LogP contribution in [-0.4, -0.2) is 34.9 Å². The molecule has 1 unspecified atom stereocenters. The number of alkyl halides is 4. The van der Waals surface area contributed by atoms with Gasteiger partial charge in [0.05, 0.1) is 13.2 Å². The van der Waals surface area contributed by atoms with Crippen molar-refractivity contribution in [1.82, 2.24) is 14.8 Å². The Labute approximate surface area is 140 Å². The van der Waals surface area contributed by atoms with E-state index in [1.54, 1.807) is 23.1 Å². The van der Waals surface area contributed by atoms with Crippen LogP contribution in [0.2, 0.25) is 10.0 Å². The molecule has 1 heterocycles. The molecule has 0 radical (unpaired) electrons. The van der Waals surface area contributed by atoms with Gasteiger partial charge in [0.2, 0.25) is 0 Å². The maximum atomic E-state index is 12.2. The molecule has 0 aliphatic heterocycles. The van der Waals surface area contributed by atoms with Crippen molar-refractivity contribution < 1.29 is 22.3 Å². The molecule has 10 heteroatoms. The third-order valence-corrected chi connectivity index (χ3v) is 3.23. The molecule has 0 amide bonds. The largest absolute Gasteiger partial charge is 0.379 e. The summed E-state index contributed by atoms with van der Waals surface area (Å²) in [6.07, 6.45) is 3.03. The highest BCUT2D eigenvalue weighted by molar-refractivity contribution is 6.35. The summed E-state index contributed by atoms with van der Waals surface area (Å²) in [7, 11) is 0. The molecule has 1 aromatic carbocycles. The van der Waals surface area contributed by atoms with E-state index < -0.39 is 13.5 Å². The first kappa shape index (κ1) is 19.7. The molecule has 1 aromatic heterocycles. The molecule has 0 spiro atoms. The lowest BCUT2D eigenvalue weighted by Crippen LogP contribution is -2.16.